The molecule has 0 fully saturated rings. The van der Waals surface area contributed by atoms with Gasteiger partial charge in [-0.05, 0) is 5.92 Å². The summed E-state index contributed by atoms with van der Waals surface area (Å²) in [6.45, 7) is 4.18. The molecule has 0 aromatic carbocycles. The molecule has 0 N–H and O–H groups in total. The van der Waals surface area contributed by atoms with Crippen LogP contribution in [0.5, 0.6) is 0 Å². The van der Waals surface area contributed by atoms with E-state index in [0.717, 1.165) is 10.5 Å². The largest absolute Gasteiger partial charge is 0.235 e. The van der Waals surface area contributed by atoms with E-state index in [9.17, 15) is 0 Å². The van der Waals surface area contributed by atoms with E-state index in [1.54, 1.807) is 6.20 Å². The normalized spacial score (nSPS) is 11.2. The fourth-order valence-electron chi connectivity index (χ4n) is 0.884. The van der Waals surface area contributed by atoms with Crippen molar-refractivity contribution in [2.45, 2.75) is 19.8 Å². The summed E-state index contributed by atoms with van der Waals surface area (Å²) in [7, 11) is 0. The molecule has 12 heavy (non-hydrogen) atoms. The highest BCUT2D eigenvalue weighted by Gasteiger charge is 2.05. The quantitative estimate of drug-likeness (QED) is 0.669. The van der Waals surface area contributed by atoms with Gasteiger partial charge in [0.2, 0.25) is 5.65 Å². The number of rotatable bonds is 1. The third kappa shape index (κ3) is 1.16. The monoisotopic (exact) mass is 180 g/mol. The van der Waals surface area contributed by atoms with Crippen molar-refractivity contribution in [1.29, 1.82) is 0 Å². The first-order valence-electron chi connectivity index (χ1n) is 3.72. The molecule has 2 aromatic heterocycles. The average molecular weight is 180 g/mol. The predicted molar refractivity (Wildman–Crippen MR) is 47.1 cm³/mol. The Balaban J connectivity index is 2.60. The molecule has 2 heterocycles. The van der Waals surface area contributed by atoms with Crippen molar-refractivity contribution < 1.29 is 0 Å². The van der Waals surface area contributed by atoms with Crippen molar-refractivity contribution in [2.24, 2.45) is 0 Å². The zero-order chi connectivity index (χ0) is 8.55. The second-order valence-corrected chi connectivity index (χ2v) is 3.58. The van der Waals surface area contributed by atoms with Gasteiger partial charge in [0.1, 0.15) is 0 Å². The predicted octanol–water partition coefficient (Wildman–Crippen LogP) is 1.60. The maximum atomic E-state index is 4.37. The van der Waals surface area contributed by atoms with E-state index in [0.29, 0.717) is 11.6 Å². The molecule has 5 heteroatoms. The van der Waals surface area contributed by atoms with E-state index < -0.39 is 0 Å². The lowest BCUT2D eigenvalue weighted by atomic mass is 10.1. The summed E-state index contributed by atoms with van der Waals surface area (Å²) in [5.74, 6) is 0.406. The lowest BCUT2D eigenvalue weighted by molar-refractivity contribution is 0.822. The minimum atomic E-state index is 0.406. The fourth-order valence-corrected chi connectivity index (χ4v) is 1.40. The van der Waals surface area contributed by atoms with E-state index >= 15 is 0 Å². The van der Waals surface area contributed by atoms with Gasteiger partial charge in [-0.1, -0.05) is 18.3 Å². The number of hydrogen-bond donors (Lipinski definition) is 0. The van der Waals surface area contributed by atoms with Crippen LogP contribution in [0, 0.1) is 0 Å². The molecule has 2 aromatic rings. The molecule has 0 aliphatic heterocycles. The lowest BCUT2D eigenvalue weighted by Crippen LogP contribution is -1.93. The van der Waals surface area contributed by atoms with Crippen molar-refractivity contribution in [3.63, 3.8) is 0 Å². The smallest absolute Gasteiger partial charge is 0.213 e. The second kappa shape index (κ2) is 2.75. The van der Waals surface area contributed by atoms with Gasteiger partial charge in [0, 0.05) is 11.5 Å². The van der Waals surface area contributed by atoms with Crippen molar-refractivity contribution in [2.75, 3.05) is 0 Å². The molecule has 0 unspecified atom stereocenters. The zero-order valence-corrected chi connectivity index (χ0v) is 7.67. The second-order valence-electron chi connectivity index (χ2n) is 2.85. The van der Waals surface area contributed by atoms with Crippen LogP contribution in [-0.2, 0) is 0 Å². The van der Waals surface area contributed by atoms with Gasteiger partial charge in [-0.3, -0.25) is 0 Å². The SMILES string of the molecule is CC(C)c1cnc2nnsc2n1. The maximum absolute atomic E-state index is 4.37. The molecule has 0 radical (unpaired) electrons. The molecule has 0 spiro atoms. The highest BCUT2D eigenvalue weighted by molar-refractivity contribution is 7.12. The molecule has 0 amide bonds. The van der Waals surface area contributed by atoms with Gasteiger partial charge in [-0.2, -0.15) is 0 Å². The summed E-state index contributed by atoms with van der Waals surface area (Å²) in [6.07, 6.45) is 1.76. The molecule has 62 valence electrons. The Morgan fingerprint density at radius 2 is 2.25 bits per heavy atom. The van der Waals surface area contributed by atoms with Gasteiger partial charge >= 0.3 is 0 Å². The van der Waals surface area contributed by atoms with Gasteiger partial charge in [-0.15, -0.1) is 5.10 Å². The van der Waals surface area contributed by atoms with Crippen LogP contribution >= 0.6 is 11.5 Å². The van der Waals surface area contributed by atoms with E-state index in [4.69, 9.17) is 0 Å². The summed E-state index contributed by atoms with van der Waals surface area (Å²) in [5.41, 5.74) is 1.64. The molecule has 4 nitrogen and oxygen atoms in total. The number of nitrogens with zero attached hydrogens (tertiary/aromatic N) is 4. The van der Waals surface area contributed by atoms with Crippen LogP contribution in [0.25, 0.3) is 10.5 Å². The summed E-state index contributed by atoms with van der Waals surface area (Å²) in [5, 5.41) is 3.81. The first-order valence-corrected chi connectivity index (χ1v) is 4.49. The van der Waals surface area contributed by atoms with E-state index in [-0.39, 0.29) is 0 Å². The fraction of sp³-hybridized carbons (Fsp3) is 0.429. The molecular weight excluding hydrogens is 172 g/mol. The van der Waals surface area contributed by atoms with Gasteiger partial charge < -0.3 is 0 Å². The van der Waals surface area contributed by atoms with Gasteiger partial charge in [0.05, 0.1) is 11.9 Å². The number of fused-ring (bicyclic) bond motifs is 1. The van der Waals surface area contributed by atoms with Crippen molar-refractivity contribution in [3.8, 4) is 0 Å². The minimum absolute atomic E-state index is 0.406. The first kappa shape index (κ1) is 7.54. The third-order valence-electron chi connectivity index (χ3n) is 1.60. The third-order valence-corrected chi connectivity index (χ3v) is 2.21. The number of hydrogen-bond acceptors (Lipinski definition) is 5. The molecule has 0 atom stereocenters. The summed E-state index contributed by atoms with van der Waals surface area (Å²) in [6, 6.07) is 0. The minimum Gasteiger partial charge on any atom is -0.235 e. The van der Waals surface area contributed by atoms with Crippen LogP contribution in [0.4, 0.5) is 0 Å². The van der Waals surface area contributed by atoms with Crippen LogP contribution in [0.1, 0.15) is 25.5 Å². The Morgan fingerprint density at radius 1 is 1.42 bits per heavy atom. The van der Waals surface area contributed by atoms with E-state index in [2.05, 4.69) is 33.4 Å². The number of aromatic nitrogens is 4. The van der Waals surface area contributed by atoms with Crippen LogP contribution in [0.2, 0.25) is 0 Å². The standard InChI is InChI=1S/C7H8N4S/c1-4(2)5-3-8-6-7(9-5)12-11-10-6/h3-4H,1-2H3. The average Bonchev–Trinajstić information content (AvgIpc) is 2.49. The lowest BCUT2D eigenvalue weighted by Gasteiger charge is -2.00. The molecule has 0 saturated heterocycles. The molecule has 0 saturated carbocycles. The Hall–Kier alpha value is -1.10. The Morgan fingerprint density at radius 3 is 3.00 bits per heavy atom. The van der Waals surface area contributed by atoms with Crippen LogP contribution in [0.15, 0.2) is 6.20 Å². The van der Waals surface area contributed by atoms with E-state index in [1.807, 2.05) is 0 Å². The van der Waals surface area contributed by atoms with Gasteiger partial charge in [0.25, 0.3) is 0 Å². The molecule has 2 rings (SSSR count). The highest BCUT2D eigenvalue weighted by Crippen LogP contribution is 2.15. The van der Waals surface area contributed by atoms with Crippen LogP contribution < -0.4 is 0 Å². The maximum Gasteiger partial charge on any atom is 0.213 e. The van der Waals surface area contributed by atoms with Gasteiger partial charge in [-0.25, -0.2) is 9.97 Å². The first-order chi connectivity index (χ1) is 5.77. The molecule has 0 bridgehead atoms. The molecule has 0 aliphatic rings. The van der Waals surface area contributed by atoms with E-state index in [1.165, 1.54) is 11.5 Å². The Labute approximate surface area is 73.8 Å². The van der Waals surface area contributed by atoms with Crippen molar-refractivity contribution in [1.82, 2.24) is 19.6 Å². The molecule has 0 aliphatic carbocycles. The van der Waals surface area contributed by atoms with Gasteiger partial charge in [0.15, 0.2) is 4.83 Å². The summed E-state index contributed by atoms with van der Waals surface area (Å²) >= 11 is 1.28. The highest BCUT2D eigenvalue weighted by atomic mass is 32.1. The van der Waals surface area contributed by atoms with Crippen LogP contribution in [0.3, 0.4) is 0 Å². The van der Waals surface area contributed by atoms with Crippen molar-refractivity contribution in [3.05, 3.63) is 11.9 Å². The molecular formula is C7H8N4S. The topological polar surface area (TPSA) is 51.6 Å². The Bertz CT molecular complexity index is 395. The zero-order valence-electron chi connectivity index (χ0n) is 6.85. The summed E-state index contributed by atoms with van der Waals surface area (Å²) < 4.78 is 3.77. The van der Waals surface area contributed by atoms with Crippen LogP contribution in [-0.4, -0.2) is 19.6 Å². The Kier molecular flexibility index (Phi) is 1.73. The van der Waals surface area contributed by atoms with Crippen molar-refractivity contribution >= 4 is 22.0 Å². The summed E-state index contributed by atoms with van der Waals surface area (Å²) in [4.78, 5) is 9.32.